The average Bonchev–Trinajstić information content (AvgIpc) is 2.52. The molecule has 0 aliphatic rings. The van der Waals surface area contributed by atoms with Crippen LogP contribution in [0.15, 0.2) is 48.5 Å². The molecule has 2 atom stereocenters. The van der Waals surface area contributed by atoms with Crippen molar-refractivity contribution in [1.82, 2.24) is 0 Å². The van der Waals surface area contributed by atoms with E-state index in [-0.39, 0.29) is 29.3 Å². The lowest BCUT2D eigenvalue weighted by molar-refractivity contribution is -0.122. The number of Topliss-reactive ketones (excluding diaryl/α,β-unsaturated/α-hetero) is 1. The minimum atomic E-state index is -0.309. The van der Waals surface area contributed by atoms with E-state index < -0.39 is 0 Å². The molecule has 0 N–H and O–H groups in total. The van der Waals surface area contributed by atoms with Crippen LogP contribution in [0.25, 0.3) is 0 Å². The van der Waals surface area contributed by atoms with E-state index in [9.17, 15) is 13.6 Å². The van der Waals surface area contributed by atoms with E-state index in [1.807, 2.05) is 13.8 Å². The highest BCUT2D eigenvalue weighted by atomic mass is 19.1. The molecule has 22 heavy (non-hydrogen) atoms. The van der Waals surface area contributed by atoms with E-state index >= 15 is 0 Å². The molecular weight excluding hydrogens is 282 g/mol. The van der Waals surface area contributed by atoms with Gasteiger partial charge in [-0.15, -0.1) is 0 Å². The van der Waals surface area contributed by atoms with Crippen molar-refractivity contribution in [2.45, 2.75) is 38.5 Å². The Morgan fingerprint density at radius 3 is 1.36 bits per heavy atom. The average molecular weight is 302 g/mol. The van der Waals surface area contributed by atoms with Gasteiger partial charge in [-0.25, -0.2) is 8.78 Å². The Labute approximate surface area is 130 Å². The van der Waals surface area contributed by atoms with E-state index in [2.05, 4.69) is 0 Å². The second-order valence-electron chi connectivity index (χ2n) is 5.43. The smallest absolute Gasteiger partial charge is 0.147 e. The van der Waals surface area contributed by atoms with Crippen LogP contribution >= 0.6 is 0 Å². The molecule has 1 nitrogen and oxygen atoms in total. The monoisotopic (exact) mass is 302 g/mol. The second kappa shape index (κ2) is 7.30. The minimum absolute atomic E-state index is 0.100. The maximum absolute atomic E-state index is 13.1. The Kier molecular flexibility index (Phi) is 5.42. The number of hydrogen-bond acceptors (Lipinski definition) is 1. The minimum Gasteiger partial charge on any atom is -0.298 e. The van der Waals surface area contributed by atoms with Crippen LogP contribution in [0.5, 0.6) is 0 Å². The van der Waals surface area contributed by atoms with Crippen molar-refractivity contribution in [2.75, 3.05) is 0 Å². The summed E-state index contributed by atoms with van der Waals surface area (Å²) >= 11 is 0. The predicted molar refractivity (Wildman–Crippen MR) is 83.9 cm³/mol. The summed E-state index contributed by atoms with van der Waals surface area (Å²) < 4.78 is 26.1. The van der Waals surface area contributed by atoms with Crippen LogP contribution in [-0.4, -0.2) is 5.78 Å². The van der Waals surface area contributed by atoms with Gasteiger partial charge in [-0.2, -0.15) is 0 Å². The van der Waals surface area contributed by atoms with Crippen LogP contribution in [0, 0.1) is 11.6 Å². The summed E-state index contributed by atoms with van der Waals surface area (Å²) in [6.07, 6.45) is 1.31. The van der Waals surface area contributed by atoms with Gasteiger partial charge in [-0.1, -0.05) is 38.1 Å². The molecule has 0 aliphatic heterocycles. The van der Waals surface area contributed by atoms with Crippen LogP contribution in [0.1, 0.15) is 49.7 Å². The lowest BCUT2D eigenvalue weighted by atomic mass is 9.81. The number of benzene rings is 2. The molecule has 2 unspecified atom stereocenters. The first-order chi connectivity index (χ1) is 10.6. The number of ketones is 1. The largest absolute Gasteiger partial charge is 0.298 e. The fraction of sp³-hybridized carbons (Fsp3) is 0.316. The Bertz CT molecular complexity index is 561. The normalized spacial score (nSPS) is 13.6. The maximum atomic E-state index is 13.1. The summed E-state index contributed by atoms with van der Waals surface area (Å²) in [5, 5.41) is 0. The van der Waals surface area contributed by atoms with Gasteiger partial charge < -0.3 is 0 Å². The van der Waals surface area contributed by atoms with Crippen molar-refractivity contribution in [3.63, 3.8) is 0 Å². The standard InChI is InChI=1S/C19H20F2O/c1-3-17(13-5-9-15(20)10-6-13)19(22)18(4-2)14-7-11-16(21)12-8-14/h5-12,17-18H,3-4H2,1-2H3. The molecule has 0 aliphatic carbocycles. The molecule has 2 aromatic carbocycles. The van der Waals surface area contributed by atoms with Crippen molar-refractivity contribution in [1.29, 1.82) is 0 Å². The van der Waals surface area contributed by atoms with Gasteiger partial charge in [0.1, 0.15) is 17.4 Å². The molecule has 116 valence electrons. The molecule has 2 aromatic rings. The Balaban J connectivity index is 2.29. The van der Waals surface area contributed by atoms with Gasteiger partial charge in [0.05, 0.1) is 0 Å². The summed E-state index contributed by atoms with van der Waals surface area (Å²) in [4.78, 5) is 12.9. The topological polar surface area (TPSA) is 17.1 Å². The Morgan fingerprint density at radius 1 is 0.773 bits per heavy atom. The zero-order chi connectivity index (χ0) is 16.1. The number of carbonyl (C=O) groups is 1. The maximum Gasteiger partial charge on any atom is 0.147 e. The zero-order valence-corrected chi connectivity index (χ0v) is 12.9. The molecule has 0 heterocycles. The third kappa shape index (κ3) is 3.59. The molecule has 0 saturated carbocycles. The highest BCUT2D eigenvalue weighted by Gasteiger charge is 2.27. The molecule has 3 heteroatoms. The van der Waals surface area contributed by atoms with Gasteiger partial charge in [0, 0.05) is 11.8 Å². The van der Waals surface area contributed by atoms with Crippen molar-refractivity contribution < 1.29 is 13.6 Å². The van der Waals surface area contributed by atoms with Crippen molar-refractivity contribution in [2.24, 2.45) is 0 Å². The lowest BCUT2D eigenvalue weighted by Gasteiger charge is -2.21. The van der Waals surface area contributed by atoms with E-state index in [0.717, 1.165) is 11.1 Å². The highest BCUT2D eigenvalue weighted by Crippen LogP contribution is 2.31. The van der Waals surface area contributed by atoms with Crippen LogP contribution in [0.2, 0.25) is 0 Å². The molecule has 0 bridgehead atoms. The quantitative estimate of drug-likeness (QED) is 0.715. The zero-order valence-electron chi connectivity index (χ0n) is 12.9. The fourth-order valence-electron chi connectivity index (χ4n) is 2.84. The van der Waals surface area contributed by atoms with Crippen molar-refractivity contribution in [3.05, 3.63) is 71.3 Å². The molecule has 0 fully saturated rings. The van der Waals surface area contributed by atoms with E-state index in [1.54, 1.807) is 24.3 Å². The van der Waals surface area contributed by atoms with Crippen LogP contribution in [-0.2, 0) is 4.79 Å². The molecule has 0 amide bonds. The Morgan fingerprint density at radius 2 is 1.09 bits per heavy atom. The van der Waals surface area contributed by atoms with Gasteiger partial charge in [0.15, 0.2) is 0 Å². The molecular formula is C19H20F2O. The van der Waals surface area contributed by atoms with Gasteiger partial charge in [-0.05, 0) is 48.2 Å². The molecule has 0 radical (unpaired) electrons. The summed E-state index contributed by atoms with van der Waals surface area (Å²) in [7, 11) is 0. The van der Waals surface area contributed by atoms with Crippen LogP contribution in [0.3, 0.4) is 0 Å². The van der Waals surface area contributed by atoms with Gasteiger partial charge >= 0.3 is 0 Å². The number of halogens is 2. The Hall–Kier alpha value is -2.03. The third-order valence-corrected chi connectivity index (χ3v) is 4.05. The van der Waals surface area contributed by atoms with Crippen LogP contribution < -0.4 is 0 Å². The van der Waals surface area contributed by atoms with E-state index in [0.29, 0.717) is 12.8 Å². The molecule has 0 aromatic heterocycles. The van der Waals surface area contributed by atoms with Gasteiger partial charge in [-0.3, -0.25) is 4.79 Å². The fourth-order valence-corrected chi connectivity index (χ4v) is 2.84. The summed E-state index contributed by atoms with van der Waals surface area (Å²) in [6, 6.07) is 12.2. The first kappa shape index (κ1) is 16.3. The summed E-state index contributed by atoms with van der Waals surface area (Å²) in [6.45, 7) is 3.90. The summed E-state index contributed by atoms with van der Waals surface area (Å²) in [5.41, 5.74) is 1.66. The van der Waals surface area contributed by atoms with Crippen molar-refractivity contribution in [3.8, 4) is 0 Å². The number of hydrogen-bond donors (Lipinski definition) is 0. The van der Waals surface area contributed by atoms with E-state index in [4.69, 9.17) is 0 Å². The van der Waals surface area contributed by atoms with Crippen molar-refractivity contribution >= 4 is 5.78 Å². The first-order valence-corrected chi connectivity index (χ1v) is 7.61. The molecule has 0 spiro atoms. The first-order valence-electron chi connectivity index (χ1n) is 7.61. The predicted octanol–water partition coefficient (Wildman–Crippen LogP) is 5.22. The molecule has 0 saturated heterocycles. The highest BCUT2D eigenvalue weighted by molar-refractivity contribution is 5.91. The summed E-state index contributed by atoms with van der Waals surface area (Å²) in [5.74, 6) is -1.05. The second-order valence-corrected chi connectivity index (χ2v) is 5.43. The number of rotatable bonds is 6. The third-order valence-electron chi connectivity index (χ3n) is 4.05. The SMILES string of the molecule is CCC(C(=O)C(CC)c1ccc(F)cc1)c1ccc(F)cc1. The van der Waals surface area contributed by atoms with Gasteiger partial charge in [0.25, 0.3) is 0 Å². The molecule has 2 rings (SSSR count). The number of carbonyl (C=O) groups excluding carboxylic acids is 1. The van der Waals surface area contributed by atoms with E-state index in [1.165, 1.54) is 24.3 Å². The van der Waals surface area contributed by atoms with Gasteiger partial charge in [0.2, 0.25) is 0 Å². The van der Waals surface area contributed by atoms with Crippen LogP contribution in [0.4, 0.5) is 8.78 Å². The lowest BCUT2D eigenvalue weighted by Crippen LogP contribution is -2.20.